The Kier molecular flexibility index (Phi) is 8.39. The topological polar surface area (TPSA) is 81.6 Å². The van der Waals surface area contributed by atoms with Crippen LogP contribution in [-0.4, -0.2) is 31.9 Å². The summed E-state index contributed by atoms with van der Waals surface area (Å²) in [4.78, 5) is 21.3. The molecule has 2 heterocycles. The van der Waals surface area contributed by atoms with Crippen molar-refractivity contribution in [2.24, 2.45) is 11.8 Å². The zero-order valence-corrected chi connectivity index (χ0v) is 25.4. The number of nitrogens with one attached hydrogen (secondary N) is 2. The third-order valence-corrected chi connectivity index (χ3v) is 12.0. The maximum Gasteiger partial charge on any atom is 0.356 e. The molecule has 3 rings (SSSR count). The van der Waals surface area contributed by atoms with Crippen molar-refractivity contribution >= 4 is 12.9 Å². The molecule has 36 heavy (non-hydrogen) atoms. The monoisotopic (exact) mass is 520 g/mol. The fourth-order valence-electron chi connectivity index (χ4n) is 7.49. The van der Waals surface area contributed by atoms with E-state index < -0.39 is 7.60 Å². The Hall–Kier alpha value is -0.710. The zero-order chi connectivity index (χ0) is 27.3. The molecule has 5 nitrogen and oxygen atoms in total. The van der Waals surface area contributed by atoms with E-state index in [2.05, 4.69) is 85.9 Å². The lowest BCUT2D eigenvalue weighted by Gasteiger charge is -2.56. The Morgan fingerprint density at radius 3 is 1.67 bits per heavy atom. The van der Waals surface area contributed by atoms with Crippen LogP contribution < -0.4 is 15.9 Å². The van der Waals surface area contributed by atoms with Gasteiger partial charge in [0, 0.05) is 22.2 Å². The highest BCUT2D eigenvalue weighted by Gasteiger charge is 2.51. The SMILES string of the molecule is CCC1(C)CC(c2cccc(P(=O)(O)O)c2C2CC(C)(CC)NC(C)(CC)C2C)C(C)C(C)(CC)N1. The second-order valence-corrected chi connectivity index (χ2v) is 14.7. The molecule has 0 spiro atoms. The first-order valence-corrected chi connectivity index (χ1v) is 15.9. The van der Waals surface area contributed by atoms with E-state index in [4.69, 9.17) is 0 Å². The molecule has 6 heteroatoms. The molecule has 206 valence electrons. The molecule has 0 aromatic heterocycles. The Labute approximate surface area is 220 Å². The predicted octanol–water partition coefficient (Wildman–Crippen LogP) is 6.59. The van der Waals surface area contributed by atoms with Gasteiger partial charge in [0.15, 0.2) is 0 Å². The van der Waals surface area contributed by atoms with Crippen molar-refractivity contribution in [2.45, 2.75) is 142 Å². The van der Waals surface area contributed by atoms with E-state index in [1.807, 2.05) is 6.07 Å². The maximum absolute atomic E-state index is 13.0. The summed E-state index contributed by atoms with van der Waals surface area (Å²) in [6.45, 7) is 22.8. The molecular weight excluding hydrogens is 467 g/mol. The Bertz CT molecular complexity index is 994. The largest absolute Gasteiger partial charge is 0.356 e. The van der Waals surface area contributed by atoms with Crippen LogP contribution in [0.3, 0.4) is 0 Å². The average molecular weight is 521 g/mol. The normalized spacial score (nSPS) is 41.9. The van der Waals surface area contributed by atoms with Gasteiger partial charge in [-0.25, -0.2) is 0 Å². The highest BCUT2D eigenvalue weighted by molar-refractivity contribution is 7.60. The van der Waals surface area contributed by atoms with E-state index in [9.17, 15) is 14.4 Å². The fourth-order valence-corrected chi connectivity index (χ4v) is 8.38. The maximum atomic E-state index is 13.0. The molecule has 8 atom stereocenters. The quantitative estimate of drug-likeness (QED) is 0.305. The van der Waals surface area contributed by atoms with Gasteiger partial charge in [0.1, 0.15) is 0 Å². The summed E-state index contributed by atoms with van der Waals surface area (Å²) in [5, 5.41) is 8.20. The van der Waals surface area contributed by atoms with E-state index in [1.165, 1.54) is 5.56 Å². The Morgan fingerprint density at radius 2 is 1.25 bits per heavy atom. The number of hydrogen-bond donors (Lipinski definition) is 4. The predicted molar refractivity (Wildman–Crippen MR) is 152 cm³/mol. The highest BCUT2D eigenvalue weighted by atomic mass is 31.2. The van der Waals surface area contributed by atoms with Gasteiger partial charge in [0.25, 0.3) is 0 Å². The minimum atomic E-state index is -4.46. The standard InChI is InChI=1S/C30H53N2O3P/c1-11-27(7)18-23(20(5)29(9,13-3)31-27)22-16-15-17-25(36(33,34)35)26(22)24-19-28(8,12-2)32-30(10,14-4)21(24)6/h15-17,20-21,23-24,31-32H,11-14,18-19H2,1-10H3,(H2,33,34,35). The molecule has 0 amide bonds. The Morgan fingerprint density at radius 1 is 0.806 bits per heavy atom. The average Bonchev–Trinajstić information content (AvgIpc) is 2.83. The lowest BCUT2D eigenvalue weighted by molar-refractivity contribution is 0.0628. The van der Waals surface area contributed by atoms with E-state index >= 15 is 0 Å². The van der Waals surface area contributed by atoms with Crippen LogP contribution in [0.2, 0.25) is 0 Å². The summed E-state index contributed by atoms with van der Waals surface area (Å²) in [5.74, 6) is 0.870. The van der Waals surface area contributed by atoms with Gasteiger partial charge in [-0.3, -0.25) is 4.57 Å². The first-order chi connectivity index (χ1) is 16.5. The summed E-state index contributed by atoms with van der Waals surface area (Å²) in [6, 6.07) is 5.78. The van der Waals surface area contributed by atoms with Gasteiger partial charge < -0.3 is 20.4 Å². The third-order valence-electron chi connectivity index (χ3n) is 11.0. The van der Waals surface area contributed by atoms with Crippen molar-refractivity contribution < 1.29 is 14.4 Å². The van der Waals surface area contributed by atoms with Crippen LogP contribution in [0.1, 0.15) is 131 Å². The molecule has 1 aromatic carbocycles. The summed E-state index contributed by atoms with van der Waals surface area (Å²) in [6.07, 6.45) is 5.82. The van der Waals surface area contributed by atoms with Gasteiger partial charge in [0.05, 0.1) is 5.30 Å². The Balaban J connectivity index is 2.30. The third kappa shape index (κ3) is 5.25. The van der Waals surface area contributed by atoms with Crippen molar-refractivity contribution in [2.75, 3.05) is 0 Å². The molecule has 2 aliphatic heterocycles. The van der Waals surface area contributed by atoms with Gasteiger partial charge in [-0.05, 0) is 107 Å². The van der Waals surface area contributed by atoms with Crippen LogP contribution in [0.4, 0.5) is 0 Å². The molecule has 0 saturated carbocycles. The van der Waals surface area contributed by atoms with Crippen LogP contribution >= 0.6 is 7.60 Å². The van der Waals surface area contributed by atoms with Gasteiger partial charge in [-0.1, -0.05) is 53.7 Å². The van der Waals surface area contributed by atoms with Crippen molar-refractivity contribution in [1.82, 2.24) is 10.6 Å². The van der Waals surface area contributed by atoms with Crippen LogP contribution in [0.15, 0.2) is 18.2 Å². The van der Waals surface area contributed by atoms with E-state index in [0.29, 0.717) is 5.92 Å². The first kappa shape index (κ1) is 29.8. The van der Waals surface area contributed by atoms with E-state index in [0.717, 1.165) is 44.1 Å². The molecule has 2 saturated heterocycles. The molecule has 0 aliphatic carbocycles. The van der Waals surface area contributed by atoms with Crippen LogP contribution in [-0.2, 0) is 4.57 Å². The van der Waals surface area contributed by atoms with Crippen molar-refractivity contribution in [3.63, 3.8) is 0 Å². The summed E-state index contributed by atoms with van der Waals surface area (Å²) < 4.78 is 13.0. The summed E-state index contributed by atoms with van der Waals surface area (Å²) in [7, 11) is -4.46. The molecular formula is C30H53N2O3P. The molecule has 1 aromatic rings. The van der Waals surface area contributed by atoms with Crippen LogP contribution in [0.5, 0.6) is 0 Å². The van der Waals surface area contributed by atoms with Crippen molar-refractivity contribution in [3.8, 4) is 0 Å². The van der Waals surface area contributed by atoms with Crippen molar-refractivity contribution in [1.29, 1.82) is 0 Å². The lowest BCUT2D eigenvalue weighted by Crippen LogP contribution is -2.64. The van der Waals surface area contributed by atoms with E-state index in [-0.39, 0.29) is 45.2 Å². The molecule has 2 aliphatic rings. The number of piperidine rings is 2. The highest BCUT2D eigenvalue weighted by Crippen LogP contribution is 2.53. The molecule has 8 unspecified atom stereocenters. The minimum Gasteiger partial charge on any atom is -0.321 e. The minimum absolute atomic E-state index is 0.0209. The second kappa shape index (κ2) is 10.1. The summed E-state index contributed by atoms with van der Waals surface area (Å²) >= 11 is 0. The zero-order valence-electron chi connectivity index (χ0n) is 24.5. The van der Waals surface area contributed by atoms with Gasteiger partial charge in [-0.15, -0.1) is 0 Å². The van der Waals surface area contributed by atoms with Gasteiger partial charge >= 0.3 is 7.60 Å². The molecule has 2 fully saturated rings. The fraction of sp³-hybridized carbons (Fsp3) is 0.800. The van der Waals surface area contributed by atoms with Gasteiger partial charge in [0.2, 0.25) is 0 Å². The van der Waals surface area contributed by atoms with Crippen LogP contribution in [0.25, 0.3) is 0 Å². The smallest absolute Gasteiger partial charge is 0.321 e. The summed E-state index contributed by atoms with van der Waals surface area (Å²) in [5.41, 5.74) is 1.85. The van der Waals surface area contributed by atoms with E-state index in [1.54, 1.807) is 6.07 Å². The number of hydrogen-bond acceptors (Lipinski definition) is 3. The first-order valence-electron chi connectivity index (χ1n) is 14.3. The lowest BCUT2D eigenvalue weighted by atomic mass is 9.60. The molecule has 0 radical (unpaired) electrons. The second-order valence-electron chi connectivity index (χ2n) is 13.1. The number of benzene rings is 1. The van der Waals surface area contributed by atoms with Gasteiger partial charge in [-0.2, -0.15) is 0 Å². The molecule has 0 bridgehead atoms. The molecule has 4 N–H and O–H groups in total. The number of rotatable bonds is 7. The van der Waals surface area contributed by atoms with Crippen LogP contribution in [0, 0.1) is 11.8 Å². The van der Waals surface area contributed by atoms with Crippen molar-refractivity contribution in [3.05, 3.63) is 29.3 Å².